The highest BCUT2D eigenvalue weighted by atomic mass is 16.5. The van der Waals surface area contributed by atoms with Crippen LogP contribution in [0.1, 0.15) is 51.6 Å². The Bertz CT molecular complexity index is 838. The summed E-state index contributed by atoms with van der Waals surface area (Å²) in [6.07, 6.45) is 2.13. The zero-order valence-electron chi connectivity index (χ0n) is 15.9. The summed E-state index contributed by atoms with van der Waals surface area (Å²) in [5.74, 6) is -0.458. The van der Waals surface area contributed by atoms with Crippen LogP contribution in [-0.2, 0) is 22.7 Å². The summed E-state index contributed by atoms with van der Waals surface area (Å²) in [5.41, 5.74) is 2.85. The van der Waals surface area contributed by atoms with Gasteiger partial charge < -0.3 is 15.0 Å². The van der Waals surface area contributed by atoms with Crippen LogP contribution in [-0.4, -0.2) is 35.8 Å². The number of rotatable bonds is 6. The highest BCUT2D eigenvalue weighted by Crippen LogP contribution is 2.14. The fraction of sp³-hybridized carbons (Fsp3) is 0.318. The molecule has 28 heavy (non-hydrogen) atoms. The third-order valence-corrected chi connectivity index (χ3v) is 4.70. The van der Waals surface area contributed by atoms with E-state index < -0.39 is 5.97 Å². The number of ether oxygens (including phenoxy) is 1. The van der Waals surface area contributed by atoms with Crippen molar-refractivity contribution in [3.05, 3.63) is 70.8 Å². The lowest BCUT2D eigenvalue weighted by atomic mass is 10.1. The first kappa shape index (κ1) is 19.6. The molecule has 3 rings (SSSR count). The molecular formula is C22H24N2O4. The normalized spacial score (nSPS) is 13.2. The molecule has 146 valence electrons. The van der Waals surface area contributed by atoms with Crippen LogP contribution >= 0.6 is 0 Å². The van der Waals surface area contributed by atoms with Crippen LogP contribution in [0.3, 0.4) is 0 Å². The standard InChI is InChI=1S/C22H24N2O4/c1-16(25)23-14-17-4-10-20(11-5-17)22(27)28-15-18-6-8-19(9-7-18)21(26)24-12-2-3-13-24/h4-11H,2-3,12-15H2,1H3,(H,23,25). The Morgan fingerprint density at radius 2 is 1.46 bits per heavy atom. The summed E-state index contributed by atoms with van der Waals surface area (Å²) >= 11 is 0. The molecular weight excluding hydrogens is 356 g/mol. The third kappa shape index (κ3) is 5.19. The molecule has 1 saturated heterocycles. The largest absolute Gasteiger partial charge is 0.457 e. The molecule has 0 bridgehead atoms. The molecule has 1 aliphatic rings. The quantitative estimate of drug-likeness (QED) is 0.782. The van der Waals surface area contributed by atoms with E-state index in [9.17, 15) is 14.4 Å². The molecule has 2 aromatic carbocycles. The number of benzene rings is 2. The first-order chi connectivity index (χ1) is 13.5. The number of esters is 1. The smallest absolute Gasteiger partial charge is 0.338 e. The Balaban J connectivity index is 1.51. The van der Waals surface area contributed by atoms with Crippen molar-refractivity contribution in [2.45, 2.75) is 32.9 Å². The van der Waals surface area contributed by atoms with Gasteiger partial charge >= 0.3 is 5.97 Å². The van der Waals surface area contributed by atoms with E-state index in [1.165, 1.54) is 6.92 Å². The van der Waals surface area contributed by atoms with Gasteiger partial charge in [-0.3, -0.25) is 9.59 Å². The lowest BCUT2D eigenvalue weighted by Crippen LogP contribution is -2.27. The van der Waals surface area contributed by atoms with Gasteiger partial charge in [0.2, 0.25) is 5.91 Å². The van der Waals surface area contributed by atoms with Gasteiger partial charge in [0.1, 0.15) is 6.61 Å². The van der Waals surface area contributed by atoms with Crippen molar-refractivity contribution in [2.24, 2.45) is 0 Å². The van der Waals surface area contributed by atoms with Crippen LogP contribution < -0.4 is 5.32 Å². The maximum atomic E-state index is 12.3. The number of carbonyl (C=O) groups excluding carboxylic acids is 3. The van der Waals surface area contributed by atoms with Gasteiger partial charge in [0.15, 0.2) is 0 Å². The molecule has 0 unspecified atom stereocenters. The molecule has 6 nitrogen and oxygen atoms in total. The van der Waals surface area contributed by atoms with E-state index in [2.05, 4.69) is 5.32 Å². The maximum Gasteiger partial charge on any atom is 0.338 e. The van der Waals surface area contributed by atoms with Gasteiger partial charge in [-0.1, -0.05) is 24.3 Å². The molecule has 0 radical (unpaired) electrons. The van der Waals surface area contributed by atoms with E-state index in [0.29, 0.717) is 17.7 Å². The predicted octanol–water partition coefficient (Wildman–Crippen LogP) is 2.92. The minimum Gasteiger partial charge on any atom is -0.457 e. The molecule has 6 heteroatoms. The fourth-order valence-corrected chi connectivity index (χ4v) is 3.06. The van der Waals surface area contributed by atoms with Crippen molar-refractivity contribution in [1.82, 2.24) is 10.2 Å². The Morgan fingerprint density at radius 3 is 2.07 bits per heavy atom. The Labute approximate surface area is 164 Å². The Kier molecular flexibility index (Phi) is 6.42. The van der Waals surface area contributed by atoms with Crippen LogP contribution in [0.4, 0.5) is 0 Å². The average molecular weight is 380 g/mol. The Morgan fingerprint density at radius 1 is 0.893 bits per heavy atom. The number of carbonyl (C=O) groups is 3. The second-order valence-corrected chi connectivity index (χ2v) is 6.88. The molecule has 0 aliphatic carbocycles. The minimum absolute atomic E-state index is 0.0559. The molecule has 1 fully saturated rings. The number of likely N-dealkylation sites (tertiary alicyclic amines) is 1. The predicted molar refractivity (Wildman–Crippen MR) is 105 cm³/mol. The highest BCUT2D eigenvalue weighted by molar-refractivity contribution is 5.94. The van der Waals surface area contributed by atoms with Crippen LogP contribution in [0.2, 0.25) is 0 Å². The van der Waals surface area contributed by atoms with Gasteiger partial charge in [0, 0.05) is 32.1 Å². The molecule has 0 saturated carbocycles. The van der Waals surface area contributed by atoms with E-state index in [-0.39, 0.29) is 18.4 Å². The van der Waals surface area contributed by atoms with Crippen LogP contribution in [0.5, 0.6) is 0 Å². The van der Waals surface area contributed by atoms with Crippen molar-refractivity contribution in [3.8, 4) is 0 Å². The highest BCUT2D eigenvalue weighted by Gasteiger charge is 2.19. The van der Waals surface area contributed by atoms with Crippen molar-refractivity contribution < 1.29 is 19.1 Å². The van der Waals surface area contributed by atoms with Gasteiger partial charge in [-0.2, -0.15) is 0 Å². The molecule has 2 amide bonds. The van der Waals surface area contributed by atoms with Gasteiger partial charge in [-0.15, -0.1) is 0 Å². The van der Waals surface area contributed by atoms with Crippen molar-refractivity contribution in [1.29, 1.82) is 0 Å². The van der Waals surface area contributed by atoms with Gasteiger partial charge in [0.25, 0.3) is 5.91 Å². The topological polar surface area (TPSA) is 75.7 Å². The zero-order chi connectivity index (χ0) is 19.9. The van der Waals surface area contributed by atoms with Gasteiger partial charge in [0.05, 0.1) is 5.56 Å². The van der Waals surface area contributed by atoms with E-state index in [0.717, 1.165) is 37.1 Å². The Hall–Kier alpha value is -3.15. The first-order valence-corrected chi connectivity index (χ1v) is 9.41. The third-order valence-electron chi connectivity index (χ3n) is 4.70. The van der Waals surface area contributed by atoms with Gasteiger partial charge in [-0.25, -0.2) is 4.79 Å². The number of hydrogen-bond acceptors (Lipinski definition) is 4. The van der Waals surface area contributed by atoms with E-state index >= 15 is 0 Å². The lowest BCUT2D eigenvalue weighted by Gasteiger charge is -2.15. The van der Waals surface area contributed by atoms with E-state index in [4.69, 9.17) is 4.74 Å². The summed E-state index contributed by atoms with van der Waals surface area (Å²) < 4.78 is 5.35. The van der Waals surface area contributed by atoms with Crippen LogP contribution in [0.25, 0.3) is 0 Å². The minimum atomic E-state index is -0.414. The van der Waals surface area contributed by atoms with Crippen molar-refractivity contribution >= 4 is 17.8 Å². The summed E-state index contributed by atoms with van der Waals surface area (Å²) in [6.45, 7) is 3.67. The molecule has 0 spiro atoms. The molecule has 1 N–H and O–H groups in total. The zero-order valence-corrected chi connectivity index (χ0v) is 15.9. The summed E-state index contributed by atoms with van der Waals surface area (Å²) in [7, 11) is 0. The molecule has 1 aliphatic heterocycles. The second kappa shape index (κ2) is 9.17. The molecule has 0 atom stereocenters. The van der Waals surface area contributed by atoms with Crippen LogP contribution in [0, 0.1) is 0 Å². The molecule has 0 aromatic heterocycles. The summed E-state index contributed by atoms with van der Waals surface area (Å²) in [4.78, 5) is 37.3. The summed E-state index contributed by atoms with van der Waals surface area (Å²) in [5, 5.41) is 2.71. The first-order valence-electron chi connectivity index (χ1n) is 9.41. The van der Waals surface area contributed by atoms with Crippen molar-refractivity contribution in [3.63, 3.8) is 0 Å². The van der Waals surface area contributed by atoms with Gasteiger partial charge in [-0.05, 0) is 48.2 Å². The van der Waals surface area contributed by atoms with Crippen LogP contribution in [0.15, 0.2) is 48.5 Å². The number of nitrogens with zero attached hydrogens (tertiary/aromatic N) is 1. The summed E-state index contributed by atoms with van der Waals surface area (Å²) in [6, 6.07) is 14.1. The van der Waals surface area contributed by atoms with E-state index in [1.807, 2.05) is 17.0 Å². The number of nitrogens with one attached hydrogen (secondary N) is 1. The second-order valence-electron chi connectivity index (χ2n) is 6.88. The monoisotopic (exact) mass is 380 g/mol. The van der Waals surface area contributed by atoms with Crippen molar-refractivity contribution in [2.75, 3.05) is 13.1 Å². The number of hydrogen-bond donors (Lipinski definition) is 1. The molecule has 2 aromatic rings. The SMILES string of the molecule is CC(=O)NCc1ccc(C(=O)OCc2ccc(C(=O)N3CCCC3)cc2)cc1. The maximum absolute atomic E-state index is 12.3. The fourth-order valence-electron chi connectivity index (χ4n) is 3.06. The molecule has 1 heterocycles. The average Bonchev–Trinajstić information content (AvgIpc) is 3.25. The van der Waals surface area contributed by atoms with E-state index in [1.54, 1.807) is 36.4 Å². The lowest BCUT2D eigenvalue weighted by molar-refractivity contribution is -0.119. The number of amides is 2.